The SMILES string of the molecule is Cc1cc(C)n(CC(=O)NCC2(C(=O)O)CCCCC2)n1. The molecule has 1 fully saturated rings. The summed E-state index contributed by atoms with van der Waals surface area (Å²) in [5, 5.41) is 16.5. The lowest BCUT2D eigenvalue weighted by Gasteiger charge is -2.33. The second-order valence-electron chi connectivity index (χ2n) is 6.01. The lowest BCUT2D eigenvalue weighted by molar-refractivity contribution is -0.151. The van der Waals surface area contributed by atoms with E-state index in [0.29, 0.717) is 12.8 Å². The smallest absolute Gasteiger partial charge is 0.311 e. The first kappa shape index (κ1) is 15.5. The van der Waals surface area contributed by atoms with Crippen LogP contribution < -0.4 is 5.32 Å². The zero-order valence-electron chi connectivity index (χ0n) is 12.7. The Bertz CT molecular complexity index is 530. The van der Waals surface area contributed by atoms with Crippen molar-refractivity contribution in [2.45, 2.75) is 52.5 Å². The van der Waals surface area contributed by atoms with Gasteiger partial charge in [-0.25, -0.2) is 0 Å². The van der Waals surface area contributed by atoms with Crippen LogP contribution in [0, 0.1) is 19.3 Å². The quantitative estimate of drug-likeness (QED) is 0.864. The van der Waals surface area contributed by atoms with Crippen molar-refractivity contribution in [3.8, 4) is 0 Å². The van der Waals surface area contributed by atoms with Gasteiger partial charge >= 0.3 is 5.97 Å². The van der Waals surface area contributed by atoms with Crippen LogP contribution in [-0.4, -0.2) is 33.3 Å². The minimum absolute atomic E-state index is 0.134. The number of aromatic nitrogens is 2. The zero-order chi connectivity index (χ0) is 15.5. The monoisotopic (exact) mass is 293 g/mol. The van der Waals surface area contributed by atoms with Crippen molar-refractivity contribution in [2.24, 2.45) is 5.41 Å². The normalized spacial score (nSPS) is 17.4. The minimum Gasteiger partial charge on any atom is -0.481 e. The number of amides is 1. The van der Waals surface area contributed by atoms with Crippen LogP contribution in [-0.2, 0) is 16.1 Å². The Morgan fingerprint density at radius 3 is 2.52 bits per heavy atom. The first-order valence-corrected chi connectivity index (χ1v) is 7.44. The maximum absolute atomic E-state index is 12.0. The summed E-state index contributed by atoms with van der Waals surface area (Å²) in [6.45, 7) is 4.12. The molecular weight excluding hydrogens is 270 g/mol. The van der Waals surface area contributed by atoms with E-state index in [1.54, 1.807) is 4.68 Å². The van der Waals surface area contributed by atoms with E-state index in [0.717, 1.165) is 30.7 Å². The van der Waals surface area contributed by atoms with Crippen LogP contribution in [0.4, 0.5) is 0 Å². The molecule has 1 aromatic heterocycles. The van der Waals surface area contributed by atoms with Crippen molar-refractivity contribution in [1.29, 1.82) is 0 Å². The number of carbonyl (C=O) groups excluding carboxylic acids is 1. The summed E-state index contributed by atoms with van der Waals surface area (Å²) < 4.78 is 1.64. The van der Waals surface area contributed by atoms with Gasteiger partial charge in [-0.3, -0.25) is 14.3 Å². The van der Waals surface area contributed by atoms with E-state index in [4.69, 9.17) is 0 Å². The Morgan fingerprint density at radius 1 is 1.33 bits per heavy atom. The Hall–Kier alpha value is -1.85. The van der Waals surface area contributed by atoms with E-state index in [1.165, 1.54) is 0 Å². The summed E-state index contributed by atoms with van der Waals surface area (Å²) in [4.78, 5) is 23.6. The van der Waals surface area contributed by atoms with Crippen LogP contribution in [0.5, 0.6) is 0 Å². The van der Waals surface area contributed by atoms with Crippen molar-refractivity contribution in [2.75, 3.05) is 6.54 Å². The van der Waals surface area contributed by atoms with Gasteiger partial charge in [-0.05, 0) is 32.8 Å². The highest BCUT2D eigenvalue weighted by Crippen LogP contribution is 2.35. The van der Waals surface area contributed by atoms with E-state index < -0.39 is 11.4 Å². The molecule has 1 saturated carbocycles. The maximum atomic E-state index is 12.0. The number of hydrogen-bond acceptors (Lipinski definition) is 3. The summed E-state index contributed by atoms with van der Waals surface area (Å²) in [6, 6.07) is 1.91. The number of nitrogens with one attached hydrogen (secondary N) is 1. The fraction of sp³-hybridized carbons (Fsp3) is 0.667. The van der Waals surface area contributed by atoms with Crippen molar-refractivity contribution >= 4 is 11.9 Å². The third kappa shape index (κ3) is 3.62. The second kappa shape index (κ2) is 6.28. The average molecular weight is 293 g/mol. The minimum atomic E-state index is -0.798. The molecule has 21 heavy (non-hydrogen) atoms. The molecular formula is C15H23N3O3. The molecule has 0 saturated heterocycles. The van der Waals surface area contributed by atoms with Gasteiger partial charge in [-0.15, -0.1) is 0 Å². The molecule has 2 rings (SSSR count). The number of nitrogens with zero attached hydrogens (tertiary/aromatic N) is 2. The van der Waals surface area contributed by atoms with Crippen molar-refractivity contribution in [3.63, 3.8) is 0 Å². The molecule has 0 aliphatic heterocycles. The summed E-state index contributed by atoms with van der Waals surface area (Å²) in [6.07, 6.45) is 4.19. The zero-order valence-corrected chi connectivity index (χ0v) is 12.7. The largest absolute Gasteiger partial charge is 0.481 e. The van der Waals surface area contributed by atoms with Gasteiger partial charge in [-0.2, -0.15) is 5.10 Å². The molecule has 2 N–H and O–H groups in total. The number of carbonyl (C=O) groups is 2. The van der Waals surface area contributed by atoms with Crippen LogP contribution >= 0.6 is 0 Å². The number of hydrogen-bond donors (Lipinski definition) is 2. The molecule has 116 valence electrons. The van der Waals surface area contributed by atoms with E-state index in [2.05, 4.69) is 10.4 Å². The highest BCUT2D eigenvalue weighted by atomic mass is 16.4. The van der Waals surface area contributed by atoms with Gasteiger partial charge < -0.3 is 10.4 Å². The first-order chi connectivity index (χ1) is 9.93. The van der Waals surface area contributed by atoms with Gasteiger partial charge in [0.15, 0.2) is 0 Å². The fourth-order valence-electron chi connectivity index (χ4n) is 2.99. The number of aryl methyl sites for hydroxylation is 2. The fourth-order valence-corrected chi connectivity index (χ4v) is 2.99. The molecule has 0 bridgehead atoms. The summed E-state index contributed by atoms with van der Waals surface area (Å²) in [7, 11) is 0. The molecule has 0 radical (unpaired) electrons. The summed E-state index contributed by atoms with van der Waals surface area (Å²) in [5.74, 6) is -0.985. The molecule has 0 atom stereocenters. The second-order valence-corrected chi connectivity index (χ2v) is 6.01. The molecule has 0 aromatic carbocycles. The van der Waals surface area contributed by atoms with Crippen molar-refractivity contribution < 1.29 is 14.7 Å². The van der Waals surface area contributed by atoms with Gasteiger partial charge in [0.1, 0.15) is 6.54 Å². The van der Waals surface area contributed by atoms with Crippen LogP contribution in [0.3, 0.4) is 0 Å². The maximum Gasteiger partial charge on any atom is 0.311 e. The van der Waals surface area contributed by atoms with Gasteiger partial charge in [0, 0.05) is 12.2 Å². The summed E-state index contributed by atoms with van der Waals surface area (Å²) >= 11 is 0. The molecule has 1 heterocycles. The van der Waals surface area contributed by atoms with Crippen molar-refractivity contribution in [1.82, 2.24) is 15.1 Å². The van der Waals surface area contributed by atoms with Gasteiger partial charge in [0.2, 0.25) is 5.91 Å². The predicted octanol–water partition coefficient (Wildman–Crippen LogP) is 1.65. The first-order valence-electron chi connectivity index (χ1n) is 7.44. The Balaban J connectivity index is 1.93. The van der Waals surface area contributed by atoms with E-state index in [-0.39, 0.29) is 19.0 Å². The highest BCUT2D eigenvalue weighted by molar-refractivity contribution is 5.79. The number of carboxylic acid groups (broad SMARTS) is 1. The molecule has 1 aromatic rings. The lowest BCUT2D eigenvalue weighted by atomic mass is 9.74. The van der Waals surface area contributed by atoms with Crippen LogP contribution in [0.1, 0.15) is 43.5 Å². The van der Waals surface area contributed by atoms with Crippen LogP contribution in [0.15, 0.2) is 6.07 Å². The predicted molar refractivity (Wildman–Crippen MR) is 77.9 cm³/mol. The molecule has 1 aliphatic rings. The van der Waals surface area contributed by atoms with E-state index in [1.807, 2.05) is 19.9 Å². The Morgan fingerprint density at radius 2 is 2.00 bits per heavy atom. The molecule has 1 aliphatic carbocycles. The Kier molecular flexibility index (Phi) is 4.65. The van der Waals surface area contributed by atoms with Crippen molar-refractivity contribution in [3.05, 3.63) is 17.5 Å². The molecule has 6 nitrogen and oxygen atoms in total. The van der Waals surface area contributed by atoms with Crippen LogP contribution in [0.2, 0.25) is 0 Å². The number of rotatable bonds is 5. The molecule has 0 unspecified atom stereocenters. The van der Waals surface area contributed by atoms with Crippen LogP contribution in [0.25, 0.3) is 0 Å². The third-order valence-corrected chi connectivity index (χ3v) is 4.29. The standard InChI is InChI=1S/C15H23N3O3/c1-11-8-12(2)18(17-11)9-13(19)16-10-15(14(20)21)6-4-3-5-7-15/h8H,3-7,9-10H2,1-2H3,(H,16,19)(H,20,21). The average Bonchev–Trinajstić information content (AvgIpc) is 2.75. The van der Waals surface area contributed by atoms with E-state index >= 15 is 0 Å². The molecule has 1 amide bonds. The number of carboxylic acids is 1. The van der Waals surface area contributed by atoms with Gasteiger partial charge in [0.25, 0.3) is 0 Å². The highest BCUT2D eigenvalue weighted by Gasteiger charge is 2.39. The third-order valence-electron chi connectivity index (χ3n) is 4.29. The van der Waals surface area contributed by atoms with Gasteiger partial charge in [-0.1, -0.05) is 19.3 Å². The topological polar surface area (TPSA) is 84.2 Å². The van der Waals surface area contributed by atoms with Gasteiger partial charge in [0.05, 0.1) is 11.1 Å². The number of aliphatic carboxylic acids is 1. The van der Waals surface area contributed by atoms with E-state index in [9.17, 15) is 14.7 Å². The molecule has 6 heteroatoms. The molecule has 0 spiro atoms. The lowest BCUT2D eigenvalue weighted by Crippen LogP contribution is -2.45. The summed E-state index contributed by atoms with van der Waals surface area (Å²) in [5.41, 5.74) is 1.01. The Labute approximate surface area is 124 Å².